The van der Waals surface area contributed by atoms with Gasteiger partial charge in [-0.3, -0.25) is 0 Å². The van der Waals surface area contributed by atoms with Gasteiger partial charge in [-0.1, -0.05) is 26.3 Å². The summed E-state index contributed by atoms with van der Waals surface area (Å²) >= 11 is 0. The fraction of sp³-hybridized carbons (Fsp3) is 0.778. The van der Waals surface area contributed by atoms with Gasteiger partial charge < -0.3 is 5.73 Å². The van der Waals surface area contributed by atoms with Crippen LogP contribution in [0.3, 0.4) is 0 Å². The van der Waals surface area contributed by atoms with Crippen LogP contribution in [0.25, 0.3) is 0 Å². The Morgan fingerprint density at radius 2 is 2.20 bits per heavy atom. The van der Waals surface area contributed by atoms with Crippen LogP contribution in [0, 0.1) is 5.41 Å². The molecule has 1 rings (SSSR count). The van der Waals surface area contributed by atoms with Gasteiger partial charge in [0.25, 0.3) is 0 Å². The van der Waals surface area contributed by atoms with E-state index >= 15 is 0 Å². The summed E-state index contributed by atoms with van der Waals surface area (Å²) in [5.41, 5.74) is 7.37. The Labute approximate surface area is 63.3 Å². The molecule has 0 bridgehead atoms. The molecule has 0 unspecified atom stereocenters. The maximum absolute atomic E-state index is 5.88. The van der Waals surface area contributed by atoms with Crippen LogP contribution in [0.15, 0.2) is 11.8 Å². The molecule has 0 radical (unpaired) electrons. The van der Waals surface area contributed by atoms with Crippen molar-refractivity contribution in [3.8, 4) is 0 Å². The Bertz CT molecular complexity index is 143. The van der Waals surface area contributed by atoms with Crippen LogP contribution < -0.4 is 5.73 Å². The molecule has 1 fully saturated rings. The number of rotatable bonds is 2. The average molecular weight is 139 g/mol. The number of allylic oxidation sites excluding steroid dienone is 2. The zero-order valence-electron chi connectivity index (χ0n) is 6.98. The molecule has 58 valence electrons. The lowest BCUT2D eigenvalue weighted by Crippen LogP contribution is -2.31. The molecular weight excluding hydrogens is 122 g/mol. The summed E-state index contributed by atoms with van der Waals surface area (Å²) in [5, 5.41) is 0. The molecule has 0 saturated heterocycles. The molecule has 0 heterocycles. The summed E-state index contributed by atoms with van der Waals surface area (Å²) in [6.45, 7) is 4.40. The van der Waals surface area contributed by atoms with Crippen LogP contribution in [-0.4, -0.2) is 0 Å². The maximum Gasteiger partial charge on any atom is 0.0100 e. The van der Waals surface area contributed by atoms with Crippen molar-refractivity contribution in [2.24, 2.45) is 11.1 Å². The van der Waals surface area contributed by atoms with E-state index in [9.17, 15) is 0 Å². The highest BCUT2D eigenvalue weighted by molar-refractivity contribution is 5.12. The van der Waals surface area contributed by atoms with Crippen molar-refractivity contribution in [1.82, 2.24) is 0 Å². The van der Waals surface area contributed by atoms with Crippen LogP contribution in [0.5, 0.6) is 0 Å². The first-order valence-corrected chi connectivity index (χ1v) is 4.15. The number of hydrogen-bond donors (Lipinski definition) is 1. The second kappa shape index (κ2) is 2.65. The minimum absolute atomic E-state index is 0.371. The maximum atomic E-state index is 5.88. The van der Waals surface area contributed by atoms with Gasteiger partial charge in [-0.15, -0.1) is 0 Å². The van der Waals surface area contributed by atoms with E-state index in [4.69, 9.17) is 5.73 Å². The highest BCUT2D eigenvalue weighted by atomic mass is 14.6. The van der Waals surface area contributed by atoms with Gasteiger partial charge in [0.05, 0.1) is 0 Å². The molecule has 1 heteroatoms. The standard InChI is InChI=1S/C9H17N/c1-3-5-8(10)9(2)6-4-7-9/h5H,3-4,6-7,10H2,1-2H3/b8-5-. The molecule has 1 saturated carbocycles. The largest absolute Gasteiger partial charge is 0.402 e. The normalized spacial score (nSPS) is 24.0. The van der Waals surface area contributed by atoms with E-state index in [0.717, 1.165) is 12.1 Å². The lowest BCUT2D eigenvalue weighted by Gasteiger charge is -2.38. The summed E-state index contributed by atoms with van der Waals surface area (Å²) in [7, 11) is 0. The second-order valence-electron chi connectivity index (χ2n) is 3.48. The lowest BCUT2D eigenvalue weighted by atomic mass is 9.68. The highest BCUT2D eigenvalue weighted by Gasteiger charge is 2.33. The fourth-order valence-electron chi connectivity index (χ4n) is 1.46. The van der Waals surface area contributed by atoms with Gasteiger partial charge in [-0.25, -0.2) is 0 Å². The van der Waals surface area contributed by atoms with Gasteiger partial charge in [0.2, 0.25) is 0 Å². The Balaban J connectivity index is 2.54. The molecular formula is C9H17N. The summed E-state index contributed by atoms with van der Waals surface area (Å²) in [4.78, 5) is 0. The second-order valence-corrected chi connectivity index (χ2v) is 3.48. The van der Waals surface area contributed by atoms with Gasteiger partial charge in [0, 0.05) is 11.1 Å². The molecule has 0 aromatic rings. The van der Waals surface area contributed by atoms with Crippen LogP contribution in [0.1, 0.15) is 39.5 Å². The van der Waals surface area contributed by atoms with Crippen LogP contribution >= 0.6 is 0 Å². The van der Waals surface area contributed by atoms with E-state index < -0.39 is 0 Å². The molecule has 0 aliphatic heterocycles. The Hall–Kier alpha value is -0.460. The monoisotopic (exact) mass is 139 g/mol. The molecule has 0 spiro atoms. The number of nitrogens with two attached hydrogens (primary N) is 1. The van der Waals surface area contributed by atoms with E-state index in [1.807, 2.05) is 0 Å². The third-order valence-corrected chi connectivity index (χ3v) is 2.58. The van der Waals surface area contributed by atoms with E-state index in [2.05, 4.69) is 19.9 Å². The summed E-state index contributed by atoms with van der Waals surface area (Å²) < 4.78 is 0. The van der Waals surface area contributed by atoms with E-state index in [0.29, 0.717) is 5.41 Å². The summed E-state index contributed by atoms with van der Waals surface area (Å²) in [5.74, 6) is 0. The van der Waals surface area contributed by atoms with Crippen LogP contribution in [-0.2, 0) is 0 Å². The highest BCUT2D eigenvalue weighted by Crippen LogP contribution is 2.44. The first-order valence-electron chi connectivity index (χ1n) is 4.15. The Morgan fingerprint density at radius 1 is 1.60 bits per heavy atom. The molecule has 10 heavy (non-hydrogen) atoms. The molecule has 0 aromatic carbocycles. The quantitative estimate of drug-likeness (QED) is 0.624. The van der Waals surface area contributed by atoms with Gasteiger partial charge in [-0.05, 0) is 19.3 Å². The van der Waals surface area contributed by atoms with Crippen molar-refractivity contribution in [3.05, 3.63) is 11.8 Å². The van der Waals surface area contributed by atoms with E-state index in [1.54, 1.807) is 0 Å². The van der Waals surface area contributed by atoms with E-state index in [-0.39, 0.29) is 0 Å². The molecule has 1 aliphatic carbocycles. The van der Waals surface area contributed by atoms with E-state index in [1.165, 1.54) is 19.3 Å². The van der Waals surface area contributed by atoms with Gasteiger partial charge in [-0.2, -0.15) is 0 Å². The van der Waals surface area contributed by atoms with Crippen molar-refractivity contribution in [3.63, 3.8) is 0 Å². The Kier molecular flexibility index (Phi) is 2.02. The fourth-order valence-corrected chi connectivity index (χ4v) is 1.46. The first kappa shape index (κ1) is 7.64. The lowest BCUT2D eigenvalue weighted by molar-refractivity contribution is 0.211. The molecule has 1 aliphatic rings. The predicted molar refractivity (Wildman–Crippen MR) is 44.5 cm³/mol. The minimum Gasteiger partial charge on any atom is -0.402 e. The SMILES string of the molecule is CC/C=C(\N)C1(C)CCC1. The number of hydrogen-bond acceptors (Lipinski definition) is 1. The van der Waals surface area contributed by atoms with Crippen molar-refractivity contribution in [2.45, 2.75) is 39.5 Å². The minimum atomic E-state index is 0.371. The van der Waals surface area contributed by atoms with Gasteiger partial charge >= 0.3 is 0 Å². The first-order chi connectivity index (χ1) is 4.69. The zero-order chi connectivity index (χ0) is 7.61. The third kappa shape index (κ3) is 1.18. The molecule has 1 nitrogen and oxygen atoms in total. The predicted octanol–water partition coefficient (Wildman–Crippen LogP) is 2.43. The summed E-state index contributed by atoms with van der Waals surface area (Å²) in [6.07, 6.45) is 7.15. The van der Waals surface area contributed by atoms with Crippen molar-refractivity contribution < 1.29 is 0 Å². The average Bonchev–Trinajstić information content (AvgIpc) is 1.83. The summed E-state index contributed by atoms with van der Waals surface area (Å²) in [6, 6.07) is 0. The molecule has 0 atom stereocenters. The van der Waals surface area contributed by atoms with Gasteiger partial charge in [0.15, 0.2) is 0 Å². The van der Waals surface area contributed by atoms with Crippen molar-refractivity contribution in [2.75, 3.05) is 0 Å². The Morgan fingerprint density at radius 3 is 2.50 bits per heavy atom. The van der Waals surface area contributed by atoms with Crippen molar-refractivity contribution >= 4 is 0 Å². The zero-order valence-corrected chi connectivity index (χ0v) is 6.98. The van der Waals surface area contributed by atoms with Crippen LogP contribution in [0.2, 0.25) is 0 Å². The topological polar surface area (TPSA) is 26.0 Å². The molecule has 2 N–H and O–H groups in total. The third-order valence-electron chi connectivity index (χ3n) is 2.58. The van der Waals surface area contributed by atoms with Gasteiger partial charge in [0.1, 0.15) is 0 Å². The molecule has 0 amide bonds. The smallest absolute Gasteiger partial charge is 0.0100 e. The molecule has 0 aromatic heterocycles. The van der Waals surface area contributed by atoms with Crippen LogP contribution in [0.4, 0.5) is 0 Å². The van der Waals surface area contributed by atoms with Crippen molar-refractivity contribution in [1.29, 1.82) is 0 Å².